The summed E-state index contributed by atoms with van der Waals surface area (Å²) in [6, 6.07) is 13.1. The highest BCUT2D eigenvalue weighted by Gasteiger charge is 2.45. The summed E-state index contributed by atoms with van der Waals surface area (Å²) in [6.07, 6.45) is 5.48. The van der Waals surface area contributed by atoms with Gasteiger partial charge < -0.3 is 14.6 Å². The monoisotopic (exact) mass is 381 g/mol. The molecule has 1 fully saturated rings. The maximum Gasteiger partial charge on any atom is 0.252 e. The molecule has 1 aliphatic rings. The number of benzene rings is 2. The third-order valence-corrected chi connectivity index (χ3v) is 5.18. The molecule has 2 aromatic carbocycles. The molecule has 138 valence electrons. The molecule has 1 saturated carbocycles. The van der Waals surface area contributed by atoms with E-state index in [1.54, 1.807) is 25.6 Å². The van der Waals surface area contributed by atoms with Crippen LogP contribution >= 0.6 is 11.6 Å². The lowest BCUT2D eigenvalue weighted by Crippen LogP contribution is -2.34. The van der Waals surface area contributed by atoms with E-state index in [0.29, 0.717) is 16.3 Å². The average molecular weight is 382 g/mol. The van der Waals surface area contributed by atoms with Gasteiger partial charge in [-0.15, -0.1) is 0 Å². The standard InChI is InChI=1S/C21H20ClN3O2/c1-14-12-25(13-23-14)18-8-3-15(11-19(18)27-2)20(26)24-21(9-10-21)16-4-6-17(22)7-5-16/h3-8,11-13H,9-10H2,1-2H3,(H,24,26). The molecular formula is C21H20ClN3O2. The lowest BCUT2D eigenvalue weighted by Gasteiger charge is -2.19. The highest BCUT2D eigenvalue weighted by molar-refractivity contribution is 6.30. The summed E-state index contributed by atoms with van der Waals surface area (Å²) in [7, 11) is 1.60. The van der Waals surface area contributed by atoms with Crippen molar-refractivity contribution in [3.8, 4) is 11.4 Å². The second-order valence-electron chi connectivity index (χ2n) is 6.85. The van der Waals surface area contributed by atoms with E-state index in [2.05, 4.69) is 10.3 Å². The van der Waals surface area contributed by atoms with Gasteiger partial charge in [0.05, 0.1) is 30.4 Å². The van der Waals surface area contributed by atoms with Crippen LogP contribution in [0.4, 0.5) is 0 Å². The van der Waals surface area contributed by atoms with E-state index >= 15 is 0 Å². The van der Waals surface area contributed by atoms with Crippen LogP contribution < -0.4 is 10.1 Å². The Hall–Kier alpha value is -2.79. The van der Waals surface area contributed by atoms with Gasteiger partial charge in [-0.1, -0.05) is 23.7 Å². The highest BCUT2D eigenvalue weighted by atomic mass is 35.5. The first-order valence-corrected chi connectivity index (χ1v) is 9.16. The van der Waals surface area contributed by atoms with E-state index in [-0.39, 0.29) is 11.4 Å². The quantitative estimate of drug-likeness (QED) is 0.718. The van der Waals surface area contributed by atoms with Gasteiger partial charge in [-0.2, -0.15) is 0 Å². The Morgan fingerprint density at radius 3 is 2.56 bits per heavy atom. The number of imidazole rings is 1. The minimum atomic E-state index is -0.297. The van der Waals surface area contributed by atoms with Crippen molar-refractivity contribution >= 4 is 17.5 Å². The Bertz CT molecular complexity index is 991. The zero-order valence-electron chi connectivity index (χ0n) is 15.2. The van der Waals surface area contributed by atoms with Crippen LogP contribution in [0.5, 0.6) is 5.75 Å². The van der Waals surface area contributed by atoms with Crippen LogP contribution in [0.15, 0.2) is 55.0 Å². The summed E-state index contributed by atoms with van der Waals surface area (Å²) in [5, 5.41) is 3.87. The molecule has 0 spiro atoms. The second-order valence-corrected chi connectivity index (χ2v) is 7.29. The molecule has 1 heterocycles. The smallest absolute Gasteiger partial charge is 0.252 e. The number of halogens is 1. The zero-order chi connectivity index (χ0) is 19.0. The molecule has 0 unspecified atom stereocenters. The van der Waals surface area contributed by atoms with Crippen molar-refractivity contribution in [2.75, 3.05) is 7.11 Å². The summed E-state index contributed by atoms with van der Waals surface area (Å²) in [5.74, 6) is 0.505. The summed E-state index contributed by atoms with van der Waals surface area (Å²) >= 11 is 5.98. The molecule has 1 amide bonds. The fraction of sp³-hybridized carbons (Fsp3) is 0.238. The maximum absolute atomic E-state index is 12.8. The Morgan fingerprint density at radius 2 is 1.96 bits per heavy atom. The van der Waals surface area contributed by atoms with Crippen molar-refractivity contribution in [3.63, 3.8) is 0 Å². The van der Waals surface area contributed by atoms with Crippen LogP contribution in [0.2, 0.25) is 5.02 Å². The Labute approximate surface area is 162 Å². The first-order chi connectivity index (χ1) is 13.0. The number of hydrogen-bond donors (Lipinski definition) is 1. The van der Waals surface area contributed by atoms with E-state index in [1.165, 1.54) is 0 Å². The van der Waals surface area contributed by atoms with Gasteiger partial charge in [-0.25, -0.2) is 4.98 Å². The number of nitrogens with one attached hydrogen (secondary N) is 1. The number of methoxy groups -OCH3 is 1. The molecule has 6 heteroatoms. The van der Waals surface area contributed by atoms with Crippen molar-refractivity contribution in [1.29, 1.82) is 0 Å². The minimum Gasteiger partial charge on any atom is -0.495 e. The van der Waals surface area contributed by atoms with Crippen LogP contribution in [-0.2, 0) is 5.54 Å². The van der Waals surface area contributed by atoms with Crippen molar-refractivity contribution in [1.82, 2.24) is 14.9 Å². The molecule has 0 bridgehead atoms. The third-order valence-electron chi connectivity index (χ3n) is 4.93. The van der Waals surface area contributed by atoms with Gasteiger partial charge in [0.2, 0.25) is 0 Å². The Kier molecular flexibility index (Phi) is 4.40. The van der Waals surface area contributed by atoms with E-state index in [4.69, 9.17) is 16.3 Å². The van der Waals surface area contributed by atoms with E-state index in [9.17, 15) is 4.79 Å². The van der Waals surface area contributed by atoms with Crippen LogP contribution in [0.1, 0.15) is 34.5 Å². The van der Waals surface area contributed by atoms with Crippen LogP contribution in [0.3, 0.4) is 0 Å². The molecule has 27 heavy (non-hydrogen) atoms. The predicted octanol–water partition coefficient (Wildman–Crippen LogP) is 4.26. The SMILES string of the molecule is COc1cc(C(=O)NC2(c3ccc(Cl)cc3)CC2)ccc1-n1cnc(C)c1. The molecule has 0 aliphatic heterocycles. The first-order valence-electron chi connectivity index (χ1n) is 8.78. The topological polar surface area (TPSA) is 56.1 Å². The first kappa shape index (κ1) is 17.6. The van der Waals surface area contributed by atoms with Gasteiger partial charge in [0, 0.05) is 16.8 Å². The maximum atomic E-state index is 12.8. The number of nitrogens with zero attached hydrogens (tertiary/aromatic N) is 2. The number of carbonyl (C=O) groups excluding carboxylic acids is 1. The number of ether oxygens (including phenoxy) is 1. The Morgan fingerprint density at radius 1 is 1.22 bits per heavy atom. The fourth-order valence-electron chi connectivity index (χ4n) is 3.25. The number of hydrogen-bond acceptors (Lipinski definition) is 3. The van der Waals surface area contributed by atoms with Gasteiger partial charge in [0.15, 0.2) is 0 Å². The normalized spacial score (nSPS) is 14.6. The van der Waals surface area contributed by atoms with Crippen molar-refractivity contribution in [3.05, 3.63) is 76.8 Å². The van der Waals surface area contributed by atoms with E-state index in [1.807, 2.05) is 48.0 Å². The highest BCUT2D eigenvalue weighted by Crippen LogP contribution is 2.46. The molecule has 0 saturated heterocycles. The zero-order valence-corrected chi connectivity index (χ0v) is 16.0. The van der Waals surface area contributed by atoms with Crippen molar-refractivity contribution in [2.24, 2.45) is 0 Å². The largest absolute Gasteiger partial charge is 0.495 e. The van der Waals surface area contributed by atoms with Crippen LogP contribution in [0.25, 0.3) is 5.69 Å². The molecule has 4 rings (SSSR count). The summed E-state index contributed by atoms with van der Waals surface area (Å²) < 4.78 is 7.38. The lowest BCUT2D eigenvalue weighted by molar-refractivity contribution is 0.0930. The van der Waals surface area contributed by atoms with Gasteiger partial charge in [-0.05, 0) is 55.7 Å². The van der Waals surface area contributed by atoms with Gasteiger partial charge in [0.1, 0.15) is 5.75 Å². The van der Waals surface area contributed by atoms with Crippen molar-refractivity contribution < 1.29 is 9.53 Å². The van der Waals surface area contributed by atoms with Crippen molar-refractivity contribution in [2.45, 2.75) is 25.3 Å². The Balaban J connectivity index is 1.58. The molecule has 1 aromatic heterocycles. The minimum absolute atomic E-state index is 0.117. The van der Waals surface area contributed by atoms with E-state index in [0.717, 1.165) is 29.8 Å². The molecule has 3 aromatic rings. The molecular weight excluding hydrogens is 362 g/mol. The number of aryl methyl sites for hydroxylation is 1. The molecule has 5 nitrogen and oxygen atoms in total. The number of rotatable bonds is 5. The molecule has 0 radical (unpaired) electrons. The van der Waals surface area contributed by atoms with Gasteiger partial charge in [0.25, 0.3) is 5.91 Å². The van der Waals surface area contributed by atoms with Gasteiger partial charge in [-0.3, -0.25) is 4.79 Å². The average Bonchev–Trinajstić information content (AvgIpc) is 3.33. The summed E-state index contributed by atoms with van der Waals surface area (Å²) in [6.45, 7) is 1.93. The second kappa shape index (κ2) is 6.74. The number of amides is 1. The van der Waals surface area contributed by atoms with E-state index < -0.39 is 0 Å². The van der Waals surface area contributed by atoms with Gasteiger partial charge >= 0.3 is 0 Å². The summed E-state index contributed by atoms with van der Waals surface area (Å²) in [5.41, 5.74) is 3.10. The number of aromatic nitrogens is 2. The third kappa shape index (κ3) is 3.43. The molecule has 1 aliphatic carbocycles. The lowest BCUT2D eigenvalue weighted by atomic mass is 10.0. The predicted molar refractivity (Wildman–Crippen MR) is 105 cm³/mol. The molecule has 0 atom stereocenters. The summed E-state index contributed by atoms with van der Waals surface area (Å²) in [4.78, 5) is 17.1. The molecule has 1 N–H and O–H groups in total. The number of carbonyl (C=O) groups is 1. The van der Waals surface area contributed by atoms with Crippen LogP contribution in [0, 0.1) is 6.92 Å². The van der Waals surface area contributed by atoms with Crippen LogP contribution in [-0.4, -0.2) is 22.6 Å². The fourth-order valence-corrected chi connectivity index (χ4v) is 3.38.